The lowest BCUT2D eigenvalue weighted by Gasteiger charge is -2.23. The molecule has 5 heteroatoms. The van der Waals surface area contributed by atoms with E-state index in [1.807, 2.05) is 49.4 Å². The molecule has 0 bridgehead atoms. The van der Waals surface area contributed by atoms with Crippen LogP contribution < -0.4 is 15.0 Å². The molecule has 1 saturated carbocycles. The minimum absolute atomic E-state index is 0.0925. The van der Waals surface area contributed by atoms with Gasteiger partial charge in [0.25, 0.3) is 11.8 Å². The van der Waals surface area contributed by atoms with Gasteiger partial charge in [0.05, 0.1) is 5.69 Å². The van der Waals surface area contributed by atoms with Crippen LogP contribution >= 0.6 is 0 Å². The summed E-state index contributed by atoms with van der Waals surface area (Å²) in [5.74, 6) is 0.280. The highest BCUT2D eigenvalue weighted by atomic mass is 16.5. The lowest BCUT2D eigenvalue weighted by atomic mass is 10.1. The molecule has 0 radical (unpaired) electrons. The Morgan fingerprint density at radius 2 is 1.79 bits per heavy atom. The monoisotopic (exact) mass is 388 g/mol. The molecule has 29 heavy (non-hydrogen) atoms. The van der Waals surface area contributed by atoms with Crippen LogP contribution in [0.5, 0.6) is 5.75 Å². The quantitative estimate of drug-likeness (QED) is 0.661. The molecule has 4 rings (SSSR count). The molecule has 1 aliphatic rings. The summed E-state index contributed by atoms with van der Waals surface area (Å²) in [6.07, 6.45) is 2.08. The van der Waals surface area contributed by atoms with Crippen molar-refractivity contribution in [2.45, 2.75) is 25.8 Å². The van der Waals surface area contributed by atoms with Crippen molar-refractivity contribution >= 4 is 28.3 Å². The molecule has 1 N–H and O–H groups in total. The third-order valence-electron chi connectivity index (χ3n) is 5.05. The molecule has 3 aromatic rings. The first-order valence-electron chi connectivity index (χ1n) is 9.97. The number of anilines is 1. The topological polar surface area (TPSA) is 58.6 Å². The second-order valence-electron chi connectivity index (χ2n) is 7.20. The third kappa shape index (κ3) is 4.40. The molecule has 2 amide bonds. The zero-order valence-electron chi connectivity index (χ0n) is 16.4. The molecule has 1 aliphatic carbocycles. The van der Waals surface area contributed by atoms with Crippen LogP contribution in [-0.2, 0) is 4.79 Å². The molecule has 0 saturated heterocycles. The fourth-order valence-electron chi connectivity index (χ4n) is 3.37. The summed E-state index contributed by atoms with van der Waals surface area (Å²) < 4.78 is 5.72. The Kier molecular flexibility index (Phi) is 5.47. The van der Waals surface area contributed by atoms with E-state index in [-0.39, 0.29) is 18.4 Å². The van der Waals surface area contributed by atoms with E-state index in [4.69, 9.17) is 4.74 Å². The van der Waals surface area contributed by atoms with Gasteiger partial charge in [-0.25, -0.2) is 0 Å². The second kappa shape index (κ2) is 8.35. The molecule has 0 aliphatic heterocycles. The number of benzene rings is 3. The number of nitrogens with zero attached hydrogens (tertiary/aromatic N) is 1. The van der Waals surface area contributed by atoms with E-state index in [0.29, 0.717) is 23.9 Å². The van der Waals surface area contributed by atoms with E-state index < -0.39 is 0 Å². The number of amides is 2. The largest absolute Gasteiger partial charge is 0.484 e. The van der Waals surface area contributed by atoms with Crippen molar-refractivity contribution in [1.29, 1.82) is 0 Å². The van der Waals surface area contributed by atoms with E-state index in [1.165, 1.54) is 0 Å². The molecule has 0 spiro atoms. The molecule has 148 valence electrons. The molecule has 0 aromatic heterocycles. The molecule has 0 unspecified atom stereocenters. The first-order valence-corrected chi connectivity index (χ1v) is 9.97. The van der Waals surface area contributed by atoms with Crippen molar-refractivity contribution in [1.82, 2.24) is 5.32 Å². The minimum Gasteiger partial charge on any atom is -0.484 e. The van der Waals surface area contributed by atoms with Crippen molar-refractivity contribution in [3.8, 4) is 5.75 Å². The van der Waals surface area contributed by atoms with Crippen LogP contribution in [0.2, 0.25) is 0 Å². The summed E-state index contributed by atoms with van der Waals surface area (Å²) in [5, 5.41) is 5.08. The molecule has 5 nitrogen and oxygen atoms in total. The molecule has 0 atom stereocenters. The summed E-state index contributed by atoms with van der Waals surface area (Å²) in [6, 6.07) is 21.2. The van der Waals surface area contributed by atoms with Crippen molar-refractivity contribution in [2.24, 2.45) is 0 Å². The average molecular weight is 388 g/mol. The van der Waals surface area contributed by atoms with Gasteiger partial charge in [-0.05, 0) is 49.4 Å². The van der Waals surface area contributed by atoms with Gasteiger partial charge in [0.1, 0.15) is 5.75 Å². The normalized spacial score (nSPS) is 13.1. The Balaban J connectivity index is 1.46. The minimum atomic E-state index is -0.128. The molecule has 3 aromatic carbocycles. The molecule has 0 heterocycles. The smallest absolute Gasteiger partial charge is 0.264 e. The highest BCUT2D eigenvalue weighted by Gasteiger charge is 2.24. The average Bonchev–Trinajstić information content (AvgIpc) is 3.57. The second-order valence-corrected chi connectivity index (χ2v) is 7.20. The summed E-state index contributed by atoms with van der Waals surface area (Å²) >= 11 is 0. The van der Waals surface area contributed by atoms with Crippen molar-refractivity contribution in [3.05, 3.63) is 72.3 Å². The van der Waals surface area contributed by atoms with Crippen molar-refractivity contribution in [2.75, 3.05) is 18.1 Å². The Labute approximate surface area is 170 Å². The van der Waals surface area contributed by atoms with Crippen LogP contribution in [0.4, 0.5) is 5.69 Å². The van der Waals surface area contributed by atoms with Gasteiger partial charge >= 0.3 is 0 Å². The highest BCUT2D eigenvalue weighted by Crippen LogP contribution is 2.27. The van der Waals surface area contributed by atoms with Crippen LogP contribution in [0.15, 0.2) is 66.7 Å². The van der Waals surface area contributed by atoms with Crippen molar-refractivity contribution in [3.63, 3.8) is 0 Å². The Hall–Kier alpha value is -3.34. The highest BCUT2D eigenvalue weighted by molar-refractivity contribution is 6.04. The molecule has 1 fully saturated rings. The van der Waals surface area contributed by atoms with E-state index in [2.05, 4.69) is 5.32 Å². The SMILES string of the molecule is CCN(C(=O)COc1cccc(C(=O)NC2CC2)c1)c1cccc2ccccc12. The van der Waals surface area contributed by atoms with Gasteiger partial charge < -0.3 is 15.0 Å². The third-order valence-corrected chi connectivity index (χ3v) is 5.05. The maximum Gasteiger partial charge on any atom is 0.264 e. The summed E-state index contributed by atoms with van der Waals surface area (Å²) in [6.45, 7) is 2.40. The number of hydrogen-bond acceptors (Lipinski definition) is 3. The predicted molar refractivity (Wildman–Crippen MR) is 114 cm³/mol. The number of rotatable bonds is 7. The van der Waals surface area contributed by atoms with Gasteiger partial charge in [-0.15, -0.1) is 0 Å². The van der Waals surface area contributed by atoms with Crippen LogP contribution in [-0.4, -0.2) is 31.0 Å². The number of nitrogens with one attached hydrogen (secondary N) is 1. The van der Waals surface area contributed by atoms with Crippen LogP contribution in [0.25, 0.3) is 10.8 Å². The fourth-order valence-corrected chi connectivity index (χ4v) is 3.37. The number of ether oxygens (including phenoxy) is 1. The van der Waals surface area contributed by atoms with Gasteiger partial charge in [0.2, 0.25) is 0 Å². The van der Waals surface area contributed by atoms with Crippen LogP contribution in [0, 0.1) is 0 Å². The Bertz CT molecular complexity index is 1040. The van der Waals surface area contributed by atoms with Crippen molar-refractivity contribution < 1.29 is 14.3 Å². The Morgan fingerprint density at radius 3 is 2.59 bits per heavy atom. The number of fused-ring (bicyclic) bond motifs is 1. The Morgan fingerprint density at radius 1 is 1.03 bits per heavy atom. The summed E-state index contributed by atoms with van der Waals surface area (Å²) in [5.41, 5.74) is 1.42. The van der Waals surface area contributed by atoms with Gasteiger partial charge in [-0.3, -0.25) is 9.59 Å². The van der Waals surface area contributed by atoms with Crippen LogP contribution in [0.1, 0.15) is 30.1 Å². The maximum atomic E-state index is 12.9. The zero-order valence-corrected chi connectivity index (χ0v) is 16.4. The van der Waals surface area contributed by atoms with Gasteiger partial charge in [-0.2, -0.15) is 0 Å². The number of hydrogen-bond donors (Lipinski definition) is 1. The predicted octanol–water partition coefficient (Wildman–Crippen LogP) is 4.16. The van der Waals surface area contributed by atoms with Gasteiger partial charge in [0, 0.05) is 23.5 Å². The fraction of sp³-hybridized carbons (Fsp3) is 0.250. The van der Waals surface area contributed by atoms with E-state index >= 15 is 0 Å². The standard InChI is InChI=1S/C24H24N2O3/c1-2-26(22-12-6-8-17-7-3-4-11-21(17)22)23(27)16-29-20-10-5-9-18(15-20)24(28)25-19-13-14-19/h3-12,15,19H,2,13-14,16H2,1H3,(H,25,28). The maximum absolute atomic E-state index is 12.9. The van der Waals surface area contributed by atoms with E-state index in [9.17, 15) is 9.59 Å². The van der Waals surface area contributed by atoms with Gasteiger partial charge in [-0.1, -0.05) is 42.5 Å². The number of likely N-dealkylation sites (N-methyl/N-ethyl adjacent to an activating group) is 1. The summed E-state index contributed by atoms with van der Waals surface area (Å²) in [7, 11) is 0. The zero-order chi connectivity index (χ0) is 20.2. The van der Waals surface area contributed by atoms with E-state index in [0.717, 1.165) is 29.3 Å². The first kappa shape index (κ1) is 19.0. The lowest BCUT2D eigenvalue weighted by molar-refractivity contribution is -0.120. The van der Waals surface area contributed by atoms with E-state index in [1.54, 1.807) is 29.2 Å². The lowest BCUT2D eigenvalue weighted by Crippen LogP contribution is -2.35. The molecular formula is C24H24N2O3. The number of carbonyl (C=O) groups is 2. The first-order chi connectivity index (χ1) is 14.2. The summed E-state index contributed by atoms with van der Waals surface area (Å²) in [4.78, 5) is 26.8. The number of carbonyl (C=O) groups excluding carboxylic acids is 2. The van der Waals surface area contributed by atoms with Crippen LogP contribution in [0.3, 0.4) is 0 Å². The molecular weight excluding hydrogens is 364 g/mol. The van der Waals surface area contributed by atoms with Gasteiger partial charge in [0.15, 0.2) is 6.61 Å².